The van der Waals surface area contributed by atoms with Gasteiger partial charge in [-0.05, 0) is 18.6 Å². The second-order valence-electron chi connectivity index (χ2n) is 4.38. The summed E-state index contributed by atoms with van der Waals surface area (Å²) >= 11 is 0. The summed E-state index contributed by atoms with van der Waals surface area (Å²) in [5, 5.41) is 2.78. The van der Waals surface area contributed by atoms with Gasteiger partial charge in [-0.1, -0.05) is 19.1 Å². The Morgan fingerprint density at radius 1 is 1.32 bits per heavy atom. The molecule has 104 valence electrons. The van der Waals surface area contributed by atoms with E-state index in [9.17, 15) is 9.59 Å². The van der Waals surface area contributed by atoms with Crippen molar-refractivity contribution in [3.8, 4) is 0 Å². The zero-order valence-electron chi connectivity index (χ0n) is 11.8. The second-order valence-corrected chi connectivity index (χ2v) is 4.38. The normalized spacial score (nSPS) is 11.6. The van der Waals surface area contributed by atoms with Crippen LogP contribution in [0.15, 0.2) is 24.3 Å². The molecule has 0 fully saturated rings. The molecule has 0 spiro atoms. The molecule has 1 atom stereocenters. The molecule has 0 radical (unpaired) electrons. The number of amides is 1. The Hall–Kier alpha value is -2.04. The predicted octanol–water partition coefficient (Wildman–Crippen LogP) is 1.89. The highest BCUT2D eigenvalue weighted by Crippen LogP contribution is 2.24. The fourth-order valence-corrected chi connectivity index (χ4v) is 1.79. The van der Waals surface area contributed by atoms with Gasteiger partial charge in [0.2, 0.25) is 5.91 Å². The molecule has 0 aliphatic rings. The van der Waals surface area contributed by atoms with Crippen LogP contribution in [0.3, 0.4) is 0 Å². The minimum atomic E-state index is -0.778. The molecule has 0 aromatic heterocycles. The maximum atomic E-state index is 12.1. The lowest BCUT2D eigenvalue weighted by atomic mass is 10.1. The Morgan fingerprint density at radius 3 is 2.47 bits per heavy atom. The number of nitrogens with one attached hydrogen (secondary N) is 1. The third-order valence-electron chi connectivity index (χ3n) is 2.85. The first-order chi connectivity index (χ1) is 9.01. The number of anilines is 2. The minimum Gasteiger partial charge on any atom is -0.468 e. The second kappa shape index (κ2) is 6.78. The van der Waals surface area contributed by atoms with Crippen LogP contribution in [0.4, 0.5) is 11.4 Å². The van der Waals surface area contributed by atoms with Crippen LogP contribution in [-0.4, -0.2) is 33.1 Å². The molecule has 1 rings (SSSR count). The number of benzene rings is 1. The number of ether oxygens (including phenoxy) is 1. The highest BCUT2D eigenvalue weighted by Gasteiger charge is 2.26. The fourth-order valence-electron chi connectivity index (χ4n) is 1.79. The average molecular weight is 264 g/mol. The lowest BCUT2D eigenvalue weighted by Crippen LogP contribution is -2.30. The van der Waals surface area contributed by atoms with Gasteiger partial charge in [-0.25, -0.2) is 0 Å². The molecule has 0 saturated carbocycles. The first kappa shape index (κ1) is 15.0. The minimum absolute atomic E-state index is 0.344. The predicted molar refractivity (Wildman–Crippen MR) is 75.2 cm³/mol. The number of carbonyl (C=O) groups excluding carboxylic acids is 2. The van der Waals surface area contributed by atoms with Gasteiger partial charge in [0.05, 0.1) is 18.5 Å². The van der Waals surface area contributed by atoms with Crippen molar-refractivity contribution in [3.05, 3.63) is 24.3 Å². The van der Waals surface area contributed by atoms with E-state index in [1.54, 1.807) is 13.0 Å². The average Bonchev–Trinajstić information content (AvgIpc) is 2.39. The zero-order valence-corrected chi connectivity index (χ0v) is 11.8. The van der Waals surface area contributed by atoms with Crippen LogP contribution >= 0.6 is 0 Å². The monoisotopic (exact) mass is 264 g/mol. The Kier molecular flexibility index (Phi) is 5.36. The SMILES string of the molecule is CC[C@H](C(=O)Nc1ccccc1N(C)C)C(=O)OC. The lowest BCUT2D eigenvalue weighted by molar-refractivity contribution is -0.148. The summed E-state index contributed by atoms with van der Waals surface area (Å²) in [5.74, 6) is -1.63. The first-order valence-corrected chi connectivity index (χ1v) is 6.16. The number of para-hydroxylation sites is 2. The van der Waals surface area contributed by atoms with Gasteiger partial charge in [0, 0.05) is 14.1 Å². The van der Waals surface area contributed by atoms with E-state index in [1.165, 1.54) is 7.11 Å². The van der Waals surface area contributed by atoms with E-state index in [0.717, 1.165) is 5.69 Å². The summed E-state index contributed by atoms with van der Waals surface area (Å²) in [7, 11) is 5.07. The molecule has 1 aromatic rings. The van der Waals surface area contributed by atoms with Gasteiger partial charge in [-0.2, -0.15) is 0 Å². The number of methoxy groups -OCH3 is 1. The summed E-state index contributed by atoms with van der Waals surface area (Å²) < 4.78 is 4.63. The van der Waals surface area contributed by atoms with E-state index >= 15 is 0 Å². The quantitative estimate of drug-likeness (QED) is 0.651. The summed E-state index contributed by atoms with van der Waals surface area (Å²) in [6.07, 6.45) is 0.405. The Balaban J connectivity index is 2.90. The molecule has 1 aromatic carbocycles. The van der Waals surface area contributed by atoms with E-state index in [4.69, 9.17) is 0 Å². The summed E-state index contributed by atoms with van der Waals surface area (Å²) in [4.78, 5) is 25.5. The van der Waals surface area contributed by atoms with Crippen molar-refractivity contribution < 1.29 is 14.3 Å². The third-order valence-corrected chi connectivity index (χ3v) is 2.85. The number of hydrogen-bond donors (Lipinski definition) is 1. The van der Waals surface area contributed by atoms with Crippen molar-refractivity contribution in [1.29, 1.82) is 0 Å². The largest absolute Gasteiger partial charge is 0.468 e. The van der Waals surface area contributed by atoms with Crippen LogP contribution in [0.5, 0.6) is 0 Å². The highest BCUT2D eigenvalue weighted by atomic mass is 16.5. The standard InChI is InChI=1S/C14H20N2O3/c1-5-10(14(18)19-4)13(17)15-11-8-6-7-9-12(11)16(2)3/h6-10H,5H2,1-4H3,(H,15,17)/t10-/m1/s1. The molecule has 0 bridgehead atoms. The van der Waals surface area contributed by atoms with Gasteiger partial charge >= 0.3 is 5.97 Å². The van der Waals surface area contributed by atoms with E-state index in [1.807, 2.05) is 37.2 Å². The van der Waals surface area contributed by atoms with E-state index in [2.05, 4.69) is 10.1 Å². The molecule has 0 heterocycles. The van der Waals surface area contributed by atoms with Crippen molar-refractivity contribution in [3.63, 3.8) is 0 Å². The zero-order chi connectivity index (χ0) is 14.4. The maximum Gasteiger partial charge on any atom is 0.318 e. The Labute approximate surface area is 113 Å². The van der Waals surface area contributed by atoms with Crippen molar-refractivity contribution in [1.82, 2.24) is 0 Å². The molecular formula is C14H20N2O3. The number of hydrogen-bond acceptors (Lipinski definition) is 4. The first-order valence-electron chi connectivity index (χ1n) is 6.16. The van der Waals surface area contributed by atoms with Crippen LogP contribution in [0, 0.1) is 5.92 Å². The van der Waals surface area contributed by atoms with Gasteiger partial charge < -0.3 is 15.0 Å². The summed E-state index contributed by atoms with van der Waals surface area (Å²) in [5.41, 5.74) is 1.57. The topological polar surface area (TPSA) is 58.6 Å². The van der Waals surface area contributed by atoms with Gasteiger partial charge in [-0.3, -0.25) is 9.59 Å². The smallest absolute Gasteiger partial charge is 0.318 e. The molecule has 0 saturated heterocycles. The van der Waals surface area contributed by atoms with E-state index < -0.39 is 11.9 Å². The number of esters is 1. The van der Waals surface area contributed by atoms with Crippen molar-refractivity contribution in [2.45, 2.75) is 13.3 Å². The fraction of sp³-hybridized carbons (Fsp3) is 0.429. The number of nitrogens with zero attached hydrogens (tertiary/aromatic N) is 1. The van der Waals surface area contributed by atoms with Crippen molar-refractivity contribution in [2.75, 3.05) is 31.4 Å². The van der Waals surface area contributed by atoms with Gasteiger partial charge in [0.1, 0.15) is 5.92 Å². The Bertz CT molecular complexity index is 458. The lowest BCUT2D eigenvalue weighted by Gasteiger charge is -2.19. The van der Waals surface area contributed by atoms with E-state index in [-0.39, 0.29) is 5.91 Å². The van der Waals surface area contributed by atoms with Crippen LogP contribution in [0.25, 0.3) is 0 Å². The molecule has 1 N–H and O–H groups in total. The molecule has 0 aliphatic heterocycles. The van der Waals surface area contributed by atoms with Crippen LogP contribution in [-0.2, 0) is 14.3 Å². The summed E-state index contributed by atoms with van der Waals surface area (Å²) in [6.45, 7) is 1.78. The van der Waals surface area contributed by atoms with E-state index in [0.29, 0.717) is 12.1 Å². The van der Waals surface area contributed by atoms with Crippen molar-refractivity contribution in [2.24, 2.45) is 5.92 Å². The molecule has 0 aliphatic carbocycles. The van der Waals surface area contributed by atoms with Crippen LogP contribution in [0.1, 0.15) is 13.3 Å². The third kappa shape index (κ3) is 3.71. The van der Waals surface area contributed by atoms with Crippen LogP contribution < -0.4 is 10.2 Å². The maximum absolute atomic E-state index is 12.1. The molecule has 0 unspecified atom stereocenters. The van der Waals surface area contributed by atoms with Crippen LogP contribution in [0.2, 0.25) is 0 Å². The highest BCUT2D eigenvalue weighted by molar-refractivity contribution is 6.06. The summed E-state index contributed by atoms with van der Waals surface area (Å²) in [6, 6.07) is 7.43. The van der Waals surface area contributed by atoms with Gasteiger partial charge in [-0.15, -0.1) is 0 Å². The van der Waals surface area contributed by atoms with Gasteiger partial charge in [0.15, 0.2) is 0 Å². The number of rotatable bonds is 5. The molecular weight excluding hydrogens is 244 g/mol. The number of carbonyl (C=O) groups is 2. The Morgan fingerprint density at radius 2 is 1.95 bits per heavy atom. The molecule has 5 nitrogen and oxygen atoms in total. The molecule has 19 heavy (non-hydrogen) atoms. The molecule has 5 heteroatoms. The van der Waals surface area contributed by atoms with Gasteiger partial charge in [0.25, 0.3) is 0 Å². The molecule has 1 amide bonds. The van der Waals surface area contributed by atoms with Crippen molar-refractivity contribution >= 4 is 23.3 Å².